The van der Waals surface area contributed by atoms with Gasteiger partial charge >= 0.3 is 5.97 Å². The number of aliphatic carboxylic acids is 1. The van der Waals surface area contributed by atoms with Crippen molar-refractivity contribution in [2.75, 3.05) is 18.4 Å². The molecule has 1 aliphatic heterocycles. The van der Waals surface area contributed by atoms with Gasteiger partial charge in [-0.1, -0.05) is 12.1 Å². The second kappa shape index (κ2) is 5.53. The topological polar surface area (TPSA) is 73.7 Å². The van der Waals surface area contributed by atoms with Crippen molar-refractivity contribution in [1.29, 1.82) is 0 Å². The first kappa shape index (κ1) is 12.4. The fraction of sp³-hybridized carbons (Fsp3) is 0.385. The first-order chi connectivity index (χ1) is 8.68. The lowest BCUT2D eigenvalue weighted by atomic mass is 10.1. The molecule has 0 spiro atoms. The van der Waals surface area contributed by atoms with Gasteiger partial charge in [-0.3, -0.25) is 9.79 Å². The highest BCUT2D eigenvalue weighted by Gasteiger charge is 2.15. The van der Waals surface area contributed by atoms with Crippen LogP contribution < -0.4 is 10.6 Å². The summed E-state index contributed by atoms with van der Waals surface area (Å²) in [7, 11) is 0. The third-order valence-corrected chi connectivity index (χ3v) is 2.82. The van der Waals surface area contributed by atoms with Crippen LogP contribution in [0.2, 0.25) is 0 Å². The highest BCUT2D eigenvalue weighted by atomic mass is 16.4. The summed E-state index contributed by atoms with van der Waals surface area (Å²) >= 11 is 0. The molecule has 0 fully saturated rings. The van der Waals surface area contributed by atoms with Gasteiger partial charge in [0.1, 0.15) is 11.9 Å². The van der Waals surface area contributed by atoms with E-state index in [4.69, 9.17) is 5.11 Å². The number of nitrogens with zero attached hydrogens (tertiary/aromatic N) is 1. The van der Waals surface area contributed by atoms with Crippen LogP contribution in [-0.4, -0.2) is 36.0 Å². The van der Waals surface area contributed by atoms with Crippen molar-refractivity contribution in [2.45, 2.75) is 19.4 Å². The van der Waals surface area contributed by atoms with E-state index >= 15 is 0 Å². The SMILES string of the molecule is CC(Nc1ccccc1C1=NCCCN1)C(=O)O. The van der Waals surface area contributed by atoms with Gasteiger partial charge in [-0.25, -0.2) is 0 Å². The molecule has 1 atom stereocenters. The number of hydrogen-bond donors (Lipinski definition) is 3. The number of carboxylic acids is 1. The maximum atomic E-state index is 10.9. The first-order valence-corrected chi connectivity index (χ1v) is 6.05. The number of aliphatic imine (C=N–C) groups is 1. The number of amidine groups is 1. The lowest BCUT2D eigenvalue weighted by Crippen LogP contribution is -2.32. The molecule has 5 heteroatoms. The maximum absolute atomic E-state index is 10.9. The van der Waals surface area contributed by atoms with Gasteiger partial charge in [-0.05, 0) is 25.5 Å². The number of benzene rings is 1. The van der Waals surface area contributed by atoms with Crippen molar-refractivity contribution in [2.24, 2.45) is 4.99 Å². The van der Waals surface area contributed by atoms with Gasteiger partial charge in [0.2, 0.25) is 0 Å². The quantitative estimate of drug-likeness (QED) is 0.750. The number of para-hydroxylation sites is 1. The Bertz CT molecular complexity index is 471. The van der Waals surface area contributed by atoms with E-state index in [0.717, 1.165) is 36.6 Å². The van der Waals surface area contributed by atoms with E-state index in [1.54, 1.807) is 6.92 Å². The van der Waals surface area contributed by atoms with Gasteiger partial charge in [-0.2, -0.15) is 0 Å². The predicted molar refractivity (Wildman–Crippen MR) is 71.2 cm³/mol. The number of rotatable bonds is 4. The highest BCUT2D eigenvalue weighted by Crippen LogP contribution is 2.17. The number of carbonyl (C=O) groups is 1. The van der Waals surface area contributed by atoms with Crippen LogP contribution in [0.15, 0.2) is 29.3 Å². The summed E-state index contributed by atoms with van der Waals surface area (Å²) in [5.74, 6) is -0.0368. The molecule has 18 heavy (non-hydrogen) atoms. The summed E-state index contributed by atoms with van der Waals surface area (Å²) in [6.07, 6.45) is 1.03. The number of anilines is 1. The molecule has 0 radical (unpaired) electrons. The van der Waals surface area contributed by atoms with Crippen LogP contribution >= 0.6 is 0 Å². The third kappa shape index (κ3) is 2.80. The van der Waals surface area contributed by atoms with Crippen LogP contribution in [-0.2, 0) is 4.79 Å². The molecule has 1 aromatic carbocycles. The molecule has 1 aliphatic rings. The lowest BCUT2D eigenvalue weighted by molar-refractivity contribution is -0.137. The summed E-state index contributed by atoms with van der Waals surface area (Å²) in [6.45, 7) is 3.34. The Hall–Kier alpha value is -2.04. The largest absolute Gasteiger partial charge is 0.480 e. The number of nitrogens with one attached hydrogen (secondary N) is 2. The van der Waals surface area contributed by atoms with Crippen LogP contribution in [0.25, 0.3) is 0 Å². The minimum atomic E-state index is -0.872. The molecule has 0 aliphatic carbocycles. The van der Waals surface area contributed by atoms with Crippen molar-refractivity contribution >= 4 is 17.5 Å². The Morgan fingerprint density at radius 1 is 1.50 bits per heavy atom. The second-order valence-corrected chi connectivity index (χ2v) is 4.26. The molecule has 1 aromatic rings. The van der Waals surface area contributed by atoms with Gasteiger partial charge in [-0.15, -0.1) is 0 Å². The summed E-state index contributed by atoms with van der Waals surface area (Å²) in [5.41, 5.74) is 1.71. The molecule has 0 bridgehead atoms. The van der Waals surface area contributed by atoms with Crippen molar-refractivity contribution in [1.82, 2.24) is 5.32 Å². The van der Waals surface area contributed by atoms with Crippen molar-refractivity contribution < 1.29 is 9.90 Å². The minimum Gasteiger partial charge on any atom is -0.480 e. The smallest absolute Gasteiger partial charge is 0.325 e. The van der Waals surface area contributed by atoms with Gasteiger partial charge in [0, 0.05) is 24.3 Å². The standard InChI is InChI=1S/C13H17N3O2/c1-9(13(17)18)16-11-6-3-2-5-10(11)12-14-7-4-8-15-12/h2-3,5-6,9,16H,4,7-8H2,1H3,(H,14,15)(H,17,18). The second-order valence-electron chi connectivity index (χ2n) is 4.26. The van der Waals surface area contributed by atoms with E-state index in [2.05, 4.69) is 15.6 Å². The average molecular weight is 247 g/mol. The normalized spacial score (nSPS) is 16.4. The lowest BCUT2D eigenvalue weighted by Gasteiger charge is -2.19. The molecule has 2 rings (SSSR count). The molecular formula is C13H17N3O2. The molecule has 0 saturated heterocycles. The Kier molecular flexibility index (Phi) is 3.82. The molecule has 1 heterocycles. The monoisotopic (exact) mass is 247 g/mol. The zero-order valence-corrected chi connectivity index (χ0v) is 10.3. The van der Waals surface area contributed by atoms with E-state index < -0.39 is 12.0 Å². The first-order valence-electron chi connectivity index (χ1n) is 6.05. The van der Waals surface area contributed by atoms with E-state index in [9.17, 15) is 4.79 Å². The van der Waals surface area contributed by atoms with Crippen LogP contribution in [0.1, 0.15) is 18.9 Å². The average Bonchev–Trinajstić information content (AvgIpc) is 2.40. The fourth-order valence-corrected chi connectivity index (χ4v) is 1.82. The summed E-state index contributed by atoms with van der Waals surface area (Å²) < 4.78 is 0. The van der Waals surface area contributed by atoms with Gasteiger partial charge in [0.15, 0.2) is 0 Å². The zero-order chi connectivity index (χ0) is 13.0. The molecule has 0 amide bonds. The van der Waals surface area contributed by atoms with E-state index in [-0.39, 0.29) is 0 Å². The Morgan fingerprint density at radius 3 is 2.94 bits per heavy atom. The summed E-state index contributed by atoms with van der Waals surface area (Å²) in [5, 5.41) is 15.2. The Labute approximate surface area is 106 Å². The molecule has 1 unspecified atom stereocenters. The fourth-order valence-electron chi connectivity index (χ4n) is 1.82. The van der Waals surface area contributed by atoms with Gasteiger partial charge in [0.05, 0.1) is 0 Å². The van der Waals surface area contributed by atoms with Crippen LogP contribution in [0.5, 0.6) is 0 Å². The third-order valence-electron chi connectivity index (χ3n) is 2.82. The molecular weight excluding hydrogens is 230 g/mol. The van der Waals surface area contributed by atoms with Crippen LogP contribution in [0, 0.1) is 0 Å². The predicted octanol–water partition coefficient (Wildman–Crippen LogP) is 1.31. The molecule has 3 N–H and O–H groups in total. The van der Waals surface area contributed by atoms with Crippen LogP contribution in [0.3, 0.4) is 0 Å². The number of carboxylic acid groups (broad SMARTS) is 1. The number of hydrogen-bond acceptors (Lipinski definition) is 4. The van der Waals surface area contributed by atoms with E-state index in [0.29, 0.717) is 0 Å². The van der Waals surface area contributed by atoms with E-state index in [1.807, 2.05) is 24.3 Å². The zero-order valence-electron chi connectivity index (χ0n) is 10.3. The Balaban J connectivity index is 2.25. The molecule has 0 aromatic heterocycles. The Morgan fingerprint density at radius 2 is 2.28 bits per heavy atom. The van der Waals surface area contributed by atoms with Crippen molar-refractivity contribution in [3.8, 4) is 0 Å². The maximum Gasteiger partial charge on any atom is 0.325 e. The van der Waals surface area contributed by atoms with Crippen molar-refractivity contribution in [3.63, 3.8) is 0 Å². The van der Waals surface area contributed by atoms with Crippen molar-refractivity contribution in [3.05, 3.63) is 29.8 Å². The molecule has 5 nitrogen and oxygen atoms in total. The van der Waals surface area contributed by atoms with Gasteiger partial charge in [0.25, 0.3) is 0 Å². The summed E-state index contributed by atoms with van der Waals surface area (Å²) in [6, 6.07) is 6.98. The van der Waals surface area contributed by atoms with Crippen LogP contribution in [0.4, 0.5) is 5.69 Å². The molecule has 0 saturated carbocycles. The van der Waals surface area contributed by atoms with E-state index in [1.165, 1.54) is 0 Å². The summed E-state index contributed by atoms with van der Waals surface area (Å²) in [4.78, 5) is 15.3. The highest BCUT2D eigenvalue weighted by molar-refractivity contribution is 6.04. The minimum absolute atomic E-state index is 0.629. The van der Waals surface area contributed by atoms with Gasteiger partial charge < -0.3 is 15.7 Å². The molecule has 96 valence electrons.